The van der Waals surface area contributed by atoms with Gasteiger partial charge in [0.15, 0.2) is 0 Å². The first-order valence-corrected chi connectivity index (χ1v) is 8.31. The number of carbonyl (C=O) groups excluding carboxylic acids is 2. The molecule has 0 radical (unpaired) electrons. The standard InChI is InChI=1S/C18H18Cl2N2O2/c1-2-22(12-13-6-4-3-5-7-13)17(23)11-21-18(24)14-8-15(19)10-16(20)9-14/h3-10H,2,11-12H2,1H3,(H,21,24). The van der Waals surface area contributed by atoms with Gasteiger partial charge in [0, 0.05) is 28.7 Å². The number of hydrogen-bond donors (Lipinski definition) is 1. The number of likely N-dealkylation sites (N-methyl/N-ethyl adjacent to an activating group) is 1. The minimum absolute atomic E-state index is 0.0797. The summed E-state index contributed by atoms with van der Waals surface area (Å²) in [4.78, 5) is 26.1. The van der Waals surface area contributed by atoms with E-state index >= 15 is 0 Å². The van der Waals surface area contributed by atoms with Gasteiger partial charge in [0.05, 0.1) is 6.54 Å². The van der Waals surface area contributed by atoms with Crippen molar-refractivity contribution in [1.82, 2.24) is 10.2 Å². The zero-order valence-corrected chi connectivity index (χ0v) is 14.8. The predicted molar refractivity (Wildman–Crippen MR) is 96.3 cm³/mol. The Labute approximate surface area is 151 Å². The molecule has 2 aromatic rings. The summed E-state index contributed by atoms with van der Waals surface area (Å²) in [6, 6.07) is 14.3. The van der Waals surface area contributed by atoms with E-state index in [9.17, 15) is 9.59 Å². The summed E-state index contributed by atoms with van der Waals surface area (Å²) >= 11 is 11.8. The first-order valence-electron chi connectivity index (χ1n) is 7.55. The lowest BCUT2D eigenvalue weighted by Crippen LogP contribution is -2.39. The van der Waals surface area contributed by atoms with Crippen LogP contribution < -0.4 is 5.32 Å². The molecule has 0 heterocycles. The highest BCUT2D eigenvalue weighted by Crippen LogP contribution is 2.18. The van der Waals surface area contributed by atoms with Crippen LogP contribution in [0, 0.1) is 0 Å². The van der Waals surface area contributed by atoms with E-state index in [-0.39, 0.29) is 18.4 Å². The summed E-state index contributed by atoms with van der Waals surface area (Å²) in [6.07, 6.45) is 0. The maximum Gasteiger partial charge on any atom is 0.251 e. The number of amides is 2. The van der Waals surface area contributed by atoms with Gasteiger partial charge < -0.3 is 10.2 Å². The van der Waals surface area contributed by atoms with Crippen molar-refractivity contribution in [2.45, 2.75) is 13.5 Å². The third kappa shape index (κ3) is 5.25. The average Bonchev–Trinajstić information content (AvgIpc) is 2.57. The molecule has 24 heavy (non-hydrogen) atoms. The number of nitrogens with one attached hydrogen (secondary N) is 1. The Bertz CT molecular complexity index is 700. The Morgan fingerprint density at radius 3 is 2.25 bits per heavy atom. The third-order valence-corrected chi connectivity index (χ3v) is 3.91. The van der Waals surface area contributed by atoms with E-state index < -0.39 is 0 Å². The van der Waals surface area contributed by atoms with Crippen molar-refractivity contribution >= 4 is 35.0 Å². The van der Waals surface area contributed by atoms with Crippen LogP contribution in [0.5, 0.6) is 0 Å². The molecule has 0 aliphatic carbocycles. The highest BCUT2D eigenvalue weighted by atomic mass is 35.5. The van der Waals surface area contributed by atoms with Crippen LogP contribution in [0.25, 0.3) is 0 Å². The predicted octanol–water partition coefficient (Wildman–Crippen LogP) is 3.77. The third-order valence-electron chi connectivity index (χ3n) is 3.48. The minimum Gasteiger partial charge on any atom is -0.343 e. The van der Waals surface area contributed by atoms with Crippen molar-refractivity contribution in [3.05, 3.63) is 69.7 Å². The van der Waals surface area contributed by atoms with Gasteiger partial charge in [0.1, 0.15) is 0 Å². The van der Waals surface area contributed by atoms with Gasteiger partial charge in [0.2, 0.25) is 5.91 Å². The fourth-order valence-electron chi connectivity index (χ4n) is 2.23. The fourth-order valence-corrected chi connectivity index (χ4v) is 2.76. The van der Waals surface area contributed by atoms with Crippen LogP contribution in [0.4, 0.5) is 0 Å². The lowest BCUT2D eigenvalue weighted by molar-refractivity contribution is -0.130. The fraction of sp³-hybridized carbons (Fsp3) is 0.222. The molecule has 2 aromatic carbocycles. The van der Waals surface area contributed by atoms with E-state index in [4.69, 9.17) is 23.2 Å². The zero-order chi connectivity index (χ0) is 17.5. The SMILES string of the molecule is CCN(Cc1ccccc1)C(=O)CNC(=O)c1cc(Cl)cc(Cl)c1. The molecular formula is C18H18Cl2N2O2. The van der Waals surface area contributed by atoms with E-state index in [0.29, 0.717) is 28.7 Å². The van der Waals surface area contributed by atoms with E-state index in [1.807, 2.05) is 37.3 Å². The van der Waals surface area contributed by atoms with E-state index in [2.05, 4.69) is 5.32 Å². The Balaban J connectivity index is 1.94. The molecule has 0 unspecified atom stereocenters. The van der Waals surface area contributed by atoms with Crippen molar-refractivity contribution in [3.8, 4) is 0 Å². The summed E-state index contributed by atoms with van der Waals surface area (Å²) in [6.45, 7) is 2.89. The van der Waals surface area contributed by atoms with Gasteiger partial charge in [-0.15, -0.1) is 0 Å². The molecule has 2 amide bonds. The number of halogens is 2. The Morgan fingerprint density at radius 2 is 1.67 bits per heavy atom. The number of carbonyl (C=O) groups is 2. The second kappa shape index (κ2) is 8.71. The van der Waals surface area contributed by atoms with Gasteiger partial charge in [-0.25, -0.2) is 0 Å². The summed E-state index contributed by atoms with van der Waals surface area (Å²) in [5, 5.41) is 3.35. The molecule has 2 rings (SSSR count). The van der Waals surface area contributed by atoms with Gasteiger partial charge in [-0.3, -0.25) is 9.59 Å². The minimum atomic E-state index is -0.386. The summed E-state index contributed by atoms with van der Waals surface area (Å²) in [5.74, 6) is -0.536. The van der Waals surface area contributed by atoms with Crippen LogP contribution in [0.2, 0.25) is 10.0 Å². The first kappa shape index (κ1) is 18.3. The maximum absolute atomic E-state index is 12.3. The van der Waals surface area contributed by atoms with Crippen molar-refractivity contribution in [3.63, 3.8) is 0 Å². The first-order chi connectivity index (χ1) is 11.5. The molecule has 4 nitrogen and oxygen atoms in total. The van der Waals surface area contributed by atoms with E-state index in [0.717, 1.165) is 5.56 Å². The smallest absolute Gasteiger partial charge is 0.251 e. The molecular weight excluding hydrogens is 347 g/mol. The van der Waals surface area contributed by atoms with Crippen LogP contribution in [0.3, 0.4) is 0 Å². The molecule has 1 N–H and O–H groups in total. The highest BCUT2D eigenvalue weighted by Gasteiger charge is 2.14. The van der Waals surface area contributed by atoms with Crippen molar-refractivity contribution < 1.29 is 9.59 Å². The average molecular weight is 365 g/mol. The molecule has 0 fully saturated rings. The molecule has 6 heteroatoms. The Kier molecular flexibility index (Phi) is 6.64. The van der Waals surface area contributed by atoms with Crippen molar-refractivity contribution in [2.24, 2.45) is 0 Å². The molecule has 0 bridgehead atoms. The monoisotopic (exact) mass is 364 g/mol. The van der Waals surface area contributed by atoms with Crippen molar-refractivity contribution in [2.75, 3.05) is 13.1 Å². The molecule has 0 aromatic heterocycles. The lowest BCUT2D eigenvalue weighted by atomic mass is 10.2. The van der Waals surface area contributed by atoms with Gasteiger partial charge >= 0.3 is 0 Å². The number of benzene rings is 2. The summed E-state index contributed by atoms with van der Waals surface area (Å²) in [7, 11) is 0. The van der Waals surface area contributed by atoms with Gasteiger partial charge in [-0.1, -0.05) is 53.5 Å². The van der Waals surface area contributed by atoms with Gasteiger partial charge in [-0.2, -0.15) is 0 Å². The maximum atomic E-state index is 12.3. The number of nitrogens with zero attached hydrogens (tertiary/aromatic N) is 1. The van der Waals surface area contributed by atoms with Crippen LogP contribution >= 0.6 is 23.2 Å². The molecule has 0 aliphatic heterocycles. The highest BCUT2D eigenvalue weighted by molar-refractivity contribution is 6.35. The van der Waals surface area contributed by atoms with E-state index in [1.54, 1.807) is 11.0 Å². The topological polar surface area (TPSA) is 49.4 Å². The van der Waals surface area contributed by atoms with Crippen LogP contribution in [-0.2, 0) is 11.3 Å². The second-order valence-corrected chi connectivity index (χ2v) is 6.11. The summed E-state index contributed by atoms with van der Waals surface area (Å²) < 4.78 is 0. The van der Waals surface area contributed by atoms with Crippen molar-refractivity contribution in [1.29, 1.82) is 0 Å². The number of hydrogen-bond acceptors (Lipinski definition) is 2. The molecule has 0 aliphatic rings. The molecule has 0 saturated carbocycles. The second-order valence-electron chi connectivity index (χ2n) is 5.23. The van der Waals surface area contributed by atoms with Crippen LogP contribution in [0.1, 0.15) is 22.8 Å². The molecule has 0 saturated heterocycles. The molecule has 126 valence electrons. The van der Waals surface area contributed by atoms with E-state index in [1.165, 1.54) is 12.1 Å². The Hall–Kier alpha value is -2.04. The van der Waals surface area contributed by atoms with Crippen LogP contribution in [-0.4, -0.2) is 29.8 Å². The van der Waals surface area contributed by atoms with Gasteiger partial charge in [0.25, 0.3) is 5.91 Å². The Morgan fingerprint density at radius 1 is 1.04 bits per heavy atom. The lowest BCUT2D eigenvalue weighted by Gasteiger charge is -2.21. The number of rotatable bonds is 6. The molecule has 0 atom stereocenters. The van der Waals surface area contributed by atoms with Gasteiger partial charge in [-0.05, 0) is 30.7 Å². The normalized spacial score (nSPS) is 10.3. The largest absolute Gasteiger partial charge is 0.343 e. The molecule has 0 spiro atoms. The van der Waals surface area contributed by atoms with Crippen LogP contribution in [0.15, 0.2) is 48.5 Å². The summed E-state index contributed by atoms with van der Waals surface area (Å²) in [5.41, 5.74) is 1.37. The quantitative estimate of drug-likeness (QED) is 0.847. The zero-order valence-electron chi connectivity index (χ0n) is 13.3.